The van der Waals surface area contributed by atoms with Crippen LogP contribution < -0.4 is 5.32 Å². The summed E-state index contributed by atoms with van der Waals surface area (Å²) in [5.41, 5.74) is 0.132. The van der Waals surface area contributed by atoms with Crippen molar-refractivity contribution in [3.05, 3.63) is 29.0 Å². The van der Waals surface area contributed by atoms with Gasteiger partial charge in [0.15, 0.2) is 0 Å². The maximum Gasteiger partial charge on any atom is 0.325 e. The number of halogens is 1. The van der Waals surface area contributed by atoms with E-state index in [1.54, 1.807) is 0 Å². The highest BCUT2D eigenvalue weighted by Crippen LogP contribution is 2.06. The fourth-order valence-corrected chi connectivity index (χ4v) is 0.954. The molecular formula is C9H9ClN2O3. The Morgan fingerprint density at radius 2 is 2.20 bits per heavy atom. The minimum Gasteiger partial charge on any atom is -0.480 e. The van der Waals surface area contributed by atoms with Crippen molar-refractivity contribution in [2.45, 2.75) is 13.0 Å². The molecule has 0 saturated heterocycles. The Hall–Kier alpha value is -1.62. The van der Waals surface area contributed by atoms with Crippen LogP contribution in [0.25, 0.3) is 0 Å². The van der Waals surface area contributed by atoms with E-state index in [1.165, 1.54) is 25.3 Å². The molecule has 1 heterocycles. The molecule has 0 aliphatic rings. The molecule has 6 heteroatoms. The van der Waals surface area contributed by atoms with Crippen LogP contribution in [-0.2, 0) is 4.79 Å². The van der Waals surface area contributed by atoms with E-state index < -0.39 is 17.9 Å². The van der Waals surface area contributed by atoms with Crippen LogP contribution in [0.5, 0.6) is 0 Å². The molecule has 0 aliphatic carbocycles. The van der Waals surface area contributed by atoms with Crippen LogP contribution in [0.3, 0.4) is 0 Å². The largest absolute Gasteiger partial charge is 0.480 e. The number of rotatable bonds is 3. The van der Waals surface area contributed by atoms with Crippen molar-refractivity contribution >= 4 is 23.5 Å². The highest BCUT2D eigenvalue weighted by atomic mass is 35.5. The number of amides is 1. The van der Waals surface area contributed by atoms with Crippen LogP contribution in [0.4, 0.5) is 0 Å². The zero-order valence-corrected chi connectivity index (χ0v) is 8.65. The minimum absolute atomic E-state index is 0.132. The first-order valence-electron chi connectivity index (χ1n) is 4.16. The molecule has 1 rings (SSSR count). The first kappa shape index (κ1) is 11.5. The molecule has 1 aromatic rings. The van der Waals surface area contributed by atoms with Gasteiger partial charge >= 0.3 is 5.97 Å². The molecule has 15 heavy (non-hydrogen) atoms. The number of carbonyl (C=O) groups is 2. The van der Waals surface area contributed by atoms with Crippen molar-refractivity contribution in [3.8, 4) is 0 Å². The van der Waals surface area contributed by atoms with Crippen LogP contribution in [0, 0.1) is 0 Å². The van der Waals surface area contributed by atoms with Gasteiger partial charge < -0.3 is 10.4 Å². The van der Waals surface area contributed by atoms with E-state index in [0.29, 0.717) is 5.02 Å². The Balaban J connectivity index is 2.69. The van der Waals surface area contributed by atoms with E-state index in [4.69, 9.17) is 16.7 Å². The molecule has 0 bridgehead atoms. The number of pyridine rings is 1. The van der Waals surface area contributed by atoms with Crippen molar-refractivity contribution in [2.24, 2.45) is 0 Å². The van der Waals surface area contributed by atoms with Crippen LogP contribution >= 0.6 is 11.6 Å². The summed E-state index contributed by atoms with van der Waals surface area (Å²) in [5, 5.41) is 11.3. The minimum atomic E-state index is -1.10. The normalized spacial score (nSPS) is 11.9. The zero-order valence-electron chi connectivity index (χ0n) is 7.90. The molecular weight excluding hydrogens is 220 g/mol. The third-order valence-corrected chi connectivity index (χ3v) is 1.90. The average molecular weight is 229 g/mol. The Morgan fingerprint density at radius 1 is 1.53 bits per heavy atom. The molecule has 1 aromatic heterocycles. The van der Waals surface area contributed by atoms with Gasteiger partial charge in [0, 0.05) is 6.20 Å². The molecule has 5 nitrogen and oxygen atoms in total. The Morgan fingerprint density at radius 3 is 2.67 bits per heavy atom. The van der Waals surface area contributed by atoms with Gasteiger partial charge in [-0.3, -0.25) is 9.59 Å². The molecule has 0 unspecified atom stereocenters. The molecule has 0 aliphatic heterocycles. The van der Waals surface area contributed by atoms with Gasteiger partial charge in [0.2, 0.25) is 0 Å². The molecule has 1 amide bonds. The number of hydrogen-bond donors (Lipinski definition) is 2. The number of aromatic nitrogens is 1. The number of aliphatic carboxylic acids is 1. The van der Waals surface area contributed by atoms with Crippen LogP contribution in [0.1, 0.15) is 17.4 Å². The van der Waals surface area contributed by atoms with Gasteiger partial charge in [-0.15, -0.1) is 0 Å². The van der Waals surface area contributed by atoms with Crippen LogP contribution in [0.15, 0.2) is 18.3 Å². The molecule has 2 N–H and O–H groups in total. The average Bonchev–Trinajstić information content (AvgIpc) is 2.18. The van der Waals surface area contributed by atoms with Crippen molar-refractivity contribution in [3.63, 3.8) is 0 Å². The highest BCUT2D eigenvalue weighted by Gasteiger charge is 2.15. The number of hydrogen-bond acceptors (Lipinski definition) is 3. The second-order valence-electron chi connectivity index (χ2n) is 2.90. The Bertz CT molecular complexity index is 377. The first-order valence-corrected chi connectivity index (χ1v) is 4.53. The quantitative estimate of drug-likeness (QED) is 0.807. The second kappa shape index (κ2) is 4.75. The first-order chi connectivity index (χ1) is 7.00. The standard InChI is InChI=1S/C9H9ClN2O3/c1-5(9(14)15)12-8(13)7-3-2-6(10)4-11-7/h2-5H,1H3,(H,12,13)(H,14,15)/t5-/m1/s1. The third kappa shape index (κ3) is 3.21. The maximum atomic E-state index is 11.4. The summed E-state index contributed by atoms with van der Waals surface area (Å²) in [5.74, 6) is -1.64. The van der Waals surface area contributed by atoms with Crippen molar-refractivity contribution in [2.75, 3.05) is 0 Å². The molecule has 1 atom stereocenters. The van der Waals surface area contributed by atoms with Gasteiger partial charge in [0.05, 0.1) is 5.02 Å². The Kier molecular flexibility index (Phi) is 3.62. The Labute approximate surface area is 91.1 Å². The van der Waals surface area contributed by atoms with E-state index in [1.807, 2.05) is 0 Å². The number of carboxylic acid groups (broad SMARTS) is 1. The number of nitrogens with zero attached hydrogens (tertiary/aromatic N) is 1. The van der Waals surface area contributed by atoms with E-state index in [0.717, 1.165) is 0 Å². The predicted molar refractivity (Wildman–Crippen MR) is 53.8 cm³/mol. The van der Waals surface area contributed by atoms with Gasteiger partial charge in [-0.25, -0.2) is 4.98 Å². The van der Waals surface area contributed by atoms with Crippen molar-refractivity contribution in [1.29, 1.82) is 0 Å². The summed E-state index contributed by atoms with van der Waals surface area (Å²) in [7, 11) is 0. The number of carbonyl (C=O) groups excluding carboxylic acids is 1. The van der Waals surface area contributed by atoms with E-state index in [-0.39, 0.29) is 5.69 Å². The number of nitrogens with one attached hydrogen (secondary N) is 1. The zero-order chi connectivity index (χ0) is 11.4. The molecule has 80 valence electrons. The van der Waals surface area contributed by atoms with Gasteiger partial charge in [-0.2, -0.15) is 0 Å². The van der Waals surface area contributed by atoms with E-state index in [2.05, 4.69) is 10.3 Å². The lowest BCUT2D eigenvalue weighted by Gasteiger charge is -2.08. The summed E-state index contributed by atoms with van der Waals surface area (Å²) < 4.78 is 0. The lowest BCUT2D eigenvalue weighted by Crippen LogP contribution is -2.38. The van der Waals surface area contributed by atoms with Gasteiger partial charge in [-0.1, -0.05) is 11.6 Å². The van der Waals surface area contributed by atoms with E-state index >= 15 is 0 Å². The van der Waals surface area contributed by atoms with Gasteiger partial charge in [-0.05, 0) is 19.1 Å². The maximum absolute atomic E-state index is 11.4. The van der Waals surface area contributed by atoms with Gasteiger partial charge in [0.1, 0.15) is 11.7 Å². The smallest absolute Gasteiger partial charge is 0.325 e. The van der Waals surface area contributed by atoms with Crippen molar-refractivity contribution < 1.29 is 14.7 Å². The SMILES string of the molecule is C[C@@H](NC(=O)c1ccc(Cl)cn1)C(=O)O. The topological polar surface area (TPSA) is 79.3 Å². The fraction of sp³-hybridized carbons (Fsp3) is 0.222. The fourth-order valence-electron chi connectivity index (χ4n) is 0.842. The summed E-state index contributed by atoms with van der Waals surface area (Å²) in [4.78, 5) is 25.6. The highest BCUT2D eigenvalue weighted by molar-refractivity contribution is 6.30. The molecule has 0 radical (unpaired) electrons. The van der Waals surface area contributed by atoms with Crippen LogP contribution in [-0.4, -0.2) is 28.0 Å². The summed E-state index contributed by atoms with van der Waals surface area (Å²) in [6.45, 7) is 1.37. The molecule has 0 fully saturated rings. The van der Waals surface area contributed by atoms with Crippen LogP contribution in [0.2, 0.25) is 5.02 Å². The number of carboxylic acids is 1. The second-order valence-corrected chi connectivity index (χ2v) is 3.33. The van der Waals surface area contributed by atoms with Gasteiger partial charge in [0.25, 0.3) is 5.91 Å². The predicted octanol–water partition coefficient (Wildman–Crippen LogP) is 0.938. The van der Waals surface area contributed by atoms with Crippen molar-refractivity contribution in [1.82, 2.24) is 10.3 Å². The summed E-state index contributed by atoms with van der Waals surface area (Å²) in [6, 6.07) is 1.98. The van der Waals surface area contributed by atoms with E-state index in [9.17, 15) is 9.59 Å². The lowest BCUT2D eigenvalue weighted by atomic mass is 10.3. The third-order valence-electron chi connectivity index (χ3n) is 1.68. The summed E-state index contributed by atoms with van der Waals surface area (Å²) in [6.07, 6.45) is 1.32. The molecule has 0 saturated carbocycles. The lowest BCUT2D eigenvalue weighted by molar-refractivity contribution is -0.138. The molecule has 0 aromatic carbocycles. The summed E-state index contributed by atoms with van der Waals surface area (Å²) >= 11 is 5.58. The monoisotopic (exact) mass is 228 g/mol. The molecule has 0 spiro atoms.